The lowest BCUT2D eigenvalue weighted by Gasteiger charge is -2.43. The summed E-state index contributed by atoms with van der Waals surface area (Å²) in [6.45, 7) is 7.01. The molecule has 0 aliphatic carbocycles. The van der Waals surface area contributed by atoms with Gasteiger partial charge < -0.3 is 15.0 Å². The van der Waals surface area contributed by atoms with Crippen LogP contribution in [0.15, 0.2) is 42.6 Å². The van der Waals surface area contributed by atoms with E-state index in [1.165, 1.54) is 5.56 Å². The fraction of sp³-hybridized carbons (Fsp3) is 0.423. The lowest BCUT2D eigenvalue weighted by atomic mass is 10.0. The van der Waals surface area contributed by atoms with Crippen molar-refractivity contribution in [3.63, 3.8) is 0 Å². The molecule has 2 fully saturated rings. The van der Waals surface area contributed by atoms with Gasteiger partial charge in [0.1, 0.15) is 12.2 Å². The number of hydrogen-bond donors (Lipinski definition) is 1. The van der Waals surface area contributed by atoms with Crippen LogP contribution in [0.3, 0.4) is 0 Å². The number of nitriles is 1. The first-order valence-corrected chi connectivity index (χ1v) is 11.9. The molecular weight excluding hydrogens is 412 g/mol. The topological polar surface area (TPSA) is 77.3 Å². The van der Waals surface area contributed by atoms with Gasteiger partial charge in [0.2, 0.25) is 5.88 Å². The normalized spacial score (nSPS) is 23.2. The molecule has 0 spiro atoms. The standard InChI is InChI=1S/C26H28N6O/c1-17-14-31(23-6-4-18(13-27)26-21(23)3-2-10-29-26)16-24-20-5-7-25(30-22(20)15-32(17)24)33-19-8-11-28-12-9-19/h2-7,10,17,19,24,28H,8-9,11-12,14-16H2,1H3/t17-,24-/m1/s1. The zero-order valence-electron chi connectivity index (χ0n) is 18.9. The van der Waals surface area contributed by atoms with E-state index in [2.05, 4.69) is 57.4 Å². The SMILES string of the molecule is C[C@@H]1CN(c2ccc(C#N)c3ncccc23)C[C@@H]2c3ccc(OC4CCNCC4)nc3CN12. The van der Waals surface area contributed by atoms with E-state index in [1.54, 1.807) is 6.20 Å². The van der Waals surface area contributed by atoms with Crippen LogP contribution in [0.4, 0.5) is 5.69 Å². The second-order valence-electron chi connectivity index (χ2n) is 9.34. The van der Waals surface area contributed by atoms with Gasteiger partial charge in [0.25, 0.3) is 0 Å². The predicted molar refractivity (Wildman–Crippen MR) is 127 cm³/mol. The largest absolute Gasteiger partial charge is 0.474 e. The highest BCUT2D eigenvalue weighted by Gasteiger charge is 2.40. The maximum atomic E-state index is 9.51. The van der Waals surface area contributed by atoms with Gasteiger partial charge in [0, 0.05) is 49.0 Å². The van der Waals surface area contributed by atoms with Crippen LogP contribution in [0.2, 0.25) is 0 Å². The molecule has 6 rings (SSSR count). The number of pyridine rings is 2. The van der Waals surface area contributed by atoms with Crippen molar-refractivity contribution >= 4 is 16.6 Å². The molecule has 3 aliphatic rings. The van der Waals surface area contributed by atoms with Gasteiger partial charge >= 0.3 is 0 Å². The first-order chi connectivity index (χ1) is 16.2. The molecule has 5 heterocycles. The second kappa shape index (κ2) is 8.29. The zero-order valence-corrected chi connectivity index (χ0v) is 18.9. The van der Waals surface area contributed by atoms with Crippen LogP contribution < -0.4 is 15.0 Å². The predicted octanol–water partition coefficient (Wildman–Crippen LogP) is 3.40. The molecule has 7 nitrogen and oxygen atoms in total. The minimum atomic E-state index is 0.258. The van der Waals surface area contributed by atoms with E-state index >= 15 is 0 Å². The molecule has 3 aromatic rings. The Morgan fingerprint density at radius 1 is 1.12 bits per heavy atom. The van der Waals surface area contributed by atoms with Crippen molar-refractivity contribution in [2.75, 3.05) is 31.1 Å². The van der Waals surface area contributed by atoms with Gasteiger partial charge in [-0.2, -0.15) is 5.26 Å². The smallest absolute Gasteiger partial charge is 0.213 e. The Morgan fingerprint density at radius 2 is 2.00 bits per heavy atom. The molecule has 0 amide bonds. The third-order valence-corrected chi connectivity index (χ3v) is 7.30. The fourth-order valence-corrected chi connectivity index (χ4v) is 5.63. The maximum Gasteiger partial charge on any atom is 0.213 e. The van der Waals surface area contributed by atoms with Crippen molar-refractivity contribution in [2.24, 2.45) is 0 Å². The number of piperazine rings is 1. The first-order valence-electron chi connectivity index (χ1n) is 11.9. The number of fused-ring (bicyclic) bond motifs is 4. The summed E-state index contributed by atoms with van der Waals surface area (Å²) in [5.74, 6) is 0.758. The Kier molecular flexibility index (Phi) is 5.12. The highest BCUT2D eigenvalue weighted by Crippen LogP contribution is 2.41. The Bertz CT molecular complexity index is 1230. The third kappa shape index (κ3) is 3.60. The van der Waals surface area contributed by atoms with Gasteiger partial charge in [-0.3, -0.25) is 9.88 Å². The number of aromatic nitrogens is 2. The summed E-state index contributed by atoms with van der Waals surface area (Å²) in [6.07, 6.45) is 4.09. The molecule has 0 saturated carbocycles. The average Bonchev–Trinajstić information content (AvgIpc) is 3.22. The van der Waals surface area contributed by atoms with Crippen LogP contribution >= 0.6 is 0 Å². The van der Waals surface area contributed by atoms with Crippen molar-refractivity contribution < 1.29 is 4.74 Å². The summed E-state index contributed by atoms with van der Waals surface area (Å²) in [5, 5.41) is 13.9. The molecule has 2 saturated heterocycles. The lowest BCUT2D eigenvalue weighted by Crippen LogP contribution is -2.51. The Balaban J connectivity index is 1.29. The van der Waals surface area contributed by atoms with E-state index in [0.717, 1.165) is 73.7 Å². The number of ether oxygens (including phenoxy) is 1. The number of nitrogens with one attached hydrogen (secondary N) is 1. The van der Waals surface area contributed by atoms with Gasteiger partial charge in [-0.1, -0.05) is 6.07 Å². The van der Waals surface area contributed by atoms with E-state index < -0.39 is 0 Å². The summed E-state index contributed by atoms with van der Waals surface area (Å²) in [6, 6.07) is 15.2. The van der Waals surface area contributed by atoms with Crippen LogP contribution in [0.5, 0.6) is 5.88 Å². The monoisotopic (exact) mass is 440 g/mol. The molecule has 7 heteroatoms. The summed E-state index contributed by atoms with van der Waals surface area (Å²) in [7, 11) is 0. The Morgan fingerprint density at radius 3 is 2.85 bits per heavy atom. The molecule has 168 valence electrons. The van der Waals surface area contributed by atoms with Gasteiger partial charge in [-0.25, -0.2) is 4.98 Å². The van der Waals surface area contributed by atoms with Crippen molar-refractivity contribution in [3.8, 4) is 11.9 Å². The van der Waals surface area contributed by atoms with Gasteiger partial charge in [0.15, 0.2) is 0 Å². The van der Waals surface area contributed by atoms with E-state index in [-0.39, 0.29) is 6.10 Å². The zero-order chi connectivity index (χ0) is 22.4. The summed E-state index contributed by atoms with van der Waals surface area (Å²) in [5.41, 5.74) is 5.00. The minimum Gasteiger partial charge on any atom is -0.474 e. The third-order valence-electron chi connectivity index (χ3n) is 7.30. The van der Waals surface area contributed by atoms with Gasteiger partial charge in [-0.05, 0) is 62.7 Å². The van der Waals surface area contributed by atoms with Crippen molar-refractivity contribution in [3.05, 3.63) is 59.4 Å². The summed E-state index contributed by atoms with van der Waals surface area (Å²) < 4.78 is 6.21. The lowest BCUT2D eigenvalue weighted by molar-refractivity contribution is 0.133. The molecule has 2 aromatic heterocycles. The number of anilines is 1. The molecule has 1 N–H and O–H groups in total. The maximum absolute atomic E-state index is 9.51. The molecule has 3 aliphatic heterocycles. The van der Waals surface area contributed by atoms with E-state index in [1.807, 2.05) is 12.1 Å². The van der Waals surface area contributed by atoms with Gasteiger partial charge in [-0.15, -0.1) is 0 Å². The molecular formula is C26H28N6O. The average molecular weight is 441 g/mol. The first kappa shape index (κ1) is 20.4. The Hall–Kier alpha value is -3.21. The van der Waals surface area contributed by atoms with Crippen LogP contribution in [0.25, 0.3) is 10.9 Å². The molecule has 2 atom stereocenters. The number of piperidine rings is 1. The summed E-state index contributed by atoms with van der Waals surface area (Å²) >= 11 is 0. The molecule has 0 unspecified atom stereocenters. The van der Waals surface area contributed by atoms with E-state index in [0.29, 0.717) is 17.6 Å². The number of hydrogen-bond acceptors (Lipinski definition) is 7. The second-order valence-corrected chi connectivity index (χ2v) is 9.34. The molecule has 0 bridgehead atoms. The fourth-order valence-electron chi connectivity index (χ4n) is 5.63. The summed E-state index contributed by atoms with van der Waals surface area (Å²) in [4.78, 5) is 14.4. The van der Waals surface area contributed by atoms with Crippen LogP contribution in [-0.4, -0.2) is 53.2 Å². The highest BCUT2D eigenvalue weighted by atomic mass is 16.5. The number of rotatable bonds is 3. The van der Waals surface area contributed by atoms with Crippen LogP contribution in [0, 0.1) is 11.3 Å². The minimum absolute atomic E-state index is 0.258. The molecule has 1 aromatic carbocycles. The van der Waals surface area contributed by atoms with Crippen LogP contribution in [0.1, 0.15) is 42.6 Å². The van der Waals surface area contributed by atoms with Crippen LogP contribution in [-0.2, 0) is 6.54 Å². The molecule has 0 radical (unpaired) electrons. The highest BCUT2D eigenvalue weighted by molar-refractivity contribution is 5.95. The van der Waals surface area contributed by atoms with E-state index in [9.17, 15) is 5.26 Å². The Labute approximate surface area is 194 Å². The molecule has 33 heavy (non-hydrogen) atoms. The van der Waals surface area contributed by atoms with Crippen molar-refractivity contribution in [1.29, 1.82) is 5.26 Å². The van der Waals surface area contributed by atoms with Crippen molar-refractivity contribution in [1.82, 2.24) is 20.2 Å². The number of nitrogens with zero attached hydrogens (tertiary/aromatic N) is 5. The van der Waals surface area contributed by atoms with Crippen molar-refractivity contribution in [2.45, 2.75) is 44.5 Å². The quantitative estimate of drug-likeness (QED) is 0.669. The number of benzene rings is 1. The van der Waals surface area contributed by atoms with E-state index in [4.69, 9.17) is 9.72 Å². The van der Waals surface area contributed by atoms with Gasteiger partial charge in [0.05, 0.1) is 22.8 Å².